The van der Waals surface area contributed by atoms with E-state index in [2.05, 4.69) is 39.9 Å². The summed E-state index contributed by atoms with van der Waals surface area (Å²) in [5, 5.41) is 3.05. The van der Waals surface area contributed by atoms with E-state index in [9.17, 15) is 4.79 Å². The Morgan fingerprint density at radius 1 is 0.852 bits per heavy atom. The summed E-state index contributed by atoms with van der Waals surface area (Å²) in [7, 11) is 3.24. The van der Waals surface area contributed by atoms with Crippen LogP contribution >= 0.6 is 0 Å². The van der Waals surface area contributed by atoms with Crippen LogP contribution in [0.2, 0.25) is 0 Å². The molecule has 2 aromatic rings. The lowest BCUT2D eigenvalue weighted by atomic mass is 9.84. The maximum atomic E-state index is 12.6. The number of benzene rings is 2. The number of hydrogen-bond donors (Lipinski definition) is 1. The Morgan fingerprint density at radius 2 is 1.41 bits per heavy atom. The molecule has 1 amide bonds. The molecule has 27 heavy (non-hydrogen) atoms. The summed E-state index contributed by atoms with van der Waals surface area (Å²) < 4.78 is 10.7. The average molecular weight is 370 g/mol. The first-order chi connectivity index (χ1) is 12.6. The second kappa shape index (κ2) is 8.03. The summed E-state index contributed by atoms with van der Waals surface area (Å²) in [5.41, 5.74) is 2.78. The minimum absolute atomic E-state index is 0.0657. The molecule has 2 rings (SSSR count). The van der Waals surface area contributed by atoms with E-state index in [0.29, 0.717) is 23.6 Å². The van der Waals surface area contributed by atoms with Crippen LogP contribution in [0.15, 0.2) is 42.5 Å². The van der Waals surface area contributed by atoms with Crippen molar-refractivity contribution >= 4 is 5.91 Å². The van der Waals surface area contributed by atoms with Gasteiger partial charge in [-0.1, -0.05) is 52.8 Å². The Bertz CT molecular complexity index is 786. The highest BCUT2D eigenvalue weighted by Crippen LogP contribution is 2.33. The molecular formula is C23H31NO3. The molecule has 1 N–H and O–H groups in total. The molecule has 0 atom stereocenters. The van der Waals surface area contributed by atoms with E-state index in [1.165, 1.54) is 5.56 Å². The summed E-state index contributed by atoms with van der Waals surface area (Å²) >= 11 is 0. The van der Waals surface area contributed by atoms with Crippen LogP contribution in [0.1, 0.15) is 56.1 Å². The second-order valence-corrected chi connectivity index (χ2v) is 8.46. The number of methoxy groups -OCH3 is 2. The minimum Gasteiger partial charge on any atom is -0.493 e. The van der Waals surface area contributed by atoms with Crippen LogP contribution in [0.25, 0.3) is 0 Å². The molecule has 0 spiro atoms. The first-order valence-electron chi connectivity index (χ1n) is 9.20. The highest BCUT2D eigenvalue weighted by atomic mass is 16.5. The number of rotatable bonds is 6. The summed E-state index contributed by atoms with van der Waals surface area (Å²) in [4.78, 5) is 12.6. The van der Waals surface area contributed by atoms with Gasteiger partial charge in [0.15, 0.2) is 11.5 Å². The number of hydrogen-bond acceptors (Lipinski definition) is 3. The van der Waals surface area contributed by atoms with Crippen molar-refractivity contribution in [3.63, 3.8) is 0 Å². The van der Waals surface area contributed by atoms with Crippen LogP contribution in [0.5, 0.6) is 11.5 Å². The van der Waals surface area contributed by atoms with Crippen molar-refractivity contribution < 1.29 is 14.3 Å². The van der Waals surface area contributed by atoms with Crippen LogP contribution in [0.3, 0.4) is 0 Å². The van der Waals surface area contributed by atoms with E-state index in [4.69, 9.17) is 9.47 Å². The van der Waals surface area contributed by atoms with Crippen LogP contribution in [-0.2, 0) is 10.8 Å². The van der Waals surface area contributed by atoms with Crippen LogP contribution < -0.4 is 14.8 Å². The predicted molar refractivity (Wildman–Crippen MR) is 110 cm³/mol. The van der Waals surface area contributed by atoms with E-state index in [1.54, 1.807) is 14.2 Å². The fourth-order valence-corrected chi connectivity index (χ4v) is 2.88. The van der Waals surface area contributed by atoms with Crippen LogP contribution in [-0.4, -0.2) is 26.7 Å². The molecule has 0 saturated carbocycles. The van der Waals surface area contributed by atoms with Crippen molar-refractivity contribution in [1.29, 1.82) is 0 Å². The quantitative estimate of drug-likeness (QED) is 0.802. The number of amides is 1. The summed E-state index contributed by atoms with van der Waals surface area (Å²) in [5.74, 6) is 1.32. The first-order valence-corrected chi connectivity index (χ1v) is 9.20. The molecule has 0 saturated heterocycles. The highest BCUT2D eigenvalue weighted by molar-refractivity contribution is 5.94. The number of carbonyl (C=O) groups is 1. The average Bonchev–Trinajstić information content (AvgIpc) is 2.64. The lowest BCUT2D eigenvalue weighted by Gasteiger charge is -2.26. The molecule has 0 aliphatic carbocycles. The Balaban J connectivity index is 2.09. The Labute approximate surface area is 162 Å². The predicted octanol–water partition coefficient (Wildman–Crippen LogP) is 4.71. The van der Waals surface area contributed by atoms with Gasteiger partial charge in [-0.2, -0.15) is 0 Å². The van der Waals surface area contributed by atoms with Crippen molar-refractivity contribution in [2.24, 2.45) is 0 Å². The fourth-order valence-electron chi connectivity index (χ4n) is 2.88. The molecule has 0 fully saturated rings. The van der Waals surface area contributed by atoms with Gasteiger partial charge in [0, 0.05) is 17.5 Å². The van der Waals surface area contributed by atoms with Gasteiger partial charge in [0.05, 0.1) is 14.2 Å². The van der Waals surface area contributed by atoms with Gasteiger partial charge < -0.3 is 14.8 Å². The van der Waals surface area contributed by atoms with Gasteiger partial charge in [-0.25, -0.2) is 0 Å². The van der Waals surface area contributed by atoms with Crippen LogP contribution in [0.4, 0.5) is 0 Å². The molecule has 4 nitrogen and oxygen atoms in total. The van der Waals surface area contributed by atoms with Crippen molar-refractivity contribution in [3.05, 3.63) is 59.2 Å². The van der Waals surface area contributed by atoms with E-state index in [-0.39, 0.29) is 16.7 Å². The summed E-state index contributed by atoms with van der Waals surface area (Å²) in [6, 6.07) is 13.7. The Morgan fingerprint density at radius 3 is 1.93 bits per heavy atom. The first kappa shape index (κ1) is 20.8. The molecule has 0 aromatic heterocycles. The highest BCUT2D eigenvalue weighted by Gasteiger charge is 2.23. The zero-order chi connectivity index (χ0) is 20.2. The van der Waals surface area contributed by atoms with E-state index in [0.717, 1.165) is 5.56 Å². The second-order valence-electron chi connectivity index (χ2n) is 8.46. The van der Waals surface area contributed by atoms with E-state index in [1.807, 2.05) is 42.5 Å². The zero-order valence-electron chi connectivity index (χ0n) is 17.5. The molecule has 0 radical (unpaired) electrons. The van der Waals surface area contributed by atoms with Crippen molar-refractivity contribution in [2.45, 2.75) is 45.4 Å². The third-order valence-electron chi connectivity index (χ3n) is 4.87. The van der Waals surface area contributed by atoms with Gasteiger partial charge in [0.2, 0.25) is 0 Å². The van der Waals surface area contributed by atoms with Crippen LogP contribution in [0, 0.1) is 0 Å². The molecule has 0 aliphatic heterocycles. The molecule has 0 unspecified atom stereocenters. The fraction of sp³-hybridized carbons (Fsp3) is 0.435. The molecule has 2 aromatic carbocycles. The van der Waals surface area contributed by atoms with Gasteiger partial charge in [0.25, 0.3) is 5.91 Å². The third-order valence-corrected chi connectivity index (χ3v) is 4.87. The maximum Gasteiger partial charge on any atom is 0.251 e. The molecule has 0 aliphatic rings. The lowest BCUT2D eigenvalue weighted by molar-refractivity contribution is 0.0945. The van der Waals surface area contributed by atoms with Gasteiger partial charge in [0.1, 0.15) is 0 Å². The molecule has 4 heteroatoms. The van der Waals surface area contributed by atoms with Crippen molar-refractivity contribution in [1.82, 2.24) is 5.32 Å². The van der Waals surface area contributed by atoms with Gasteiger partial charge >= 0.3 is 0 Å². The molecule has 0 heterocycles. The van der Waals surface area contributed by atoms with Gasteiger partial charge in [-0.05, 0) is 40.8 Å². The Kier molecular flexibility index (Phi) is 6.19. The summed E-state index contributed by atoms with van der Waals surface area (Å²) in [6.07, 6.45) is 0. The van der Waals surface area contributed by atoms with Crippen molar-refractivity contribution in [2.75, 3.05) is 20.8 Å². The monoisotopic (exact) mass is 369 g/mol. The SMILES string of the molecule is COc1ccc(C(C)(C)CNC(=O)c2ccc(C(C)(C)C)cc2)cc1OC. The number of ether oxygens (including phenoxy) is 2. The van der Waals surface area contributed by atoms with Crippen molar-refractivity contribution in [3.8, 4) is 11.5 Å². The number of nitrogens with one attached hydrogen (secondary N) is 1. The third kappa shape index (κ3) is 5.03. The van der Waals surface area contributed by atoms with E-state index < -0.39 is 0 Å². The zero-order valence-corrected chi connectivity index (χ0v) is 17.5. The summed E-state index contributed by atoms with van der Waals surface area (Å²) in [6.45, 7) is 11.2. The van der Waals surface area contributed by atoms with Gasteiger partial charge in [-0.15, -0.1) is 0 Å². The molecule has 146 valence electrons. The van der Waals surface area contributed by atoms with Gasteiger partial charge in [-0.3, -0.25) is 4.79 Å². The molecule has 0 bridgehead atoms. The molecular weight excluding hydrogens is 338 g/mol. The topological polar surface area (TPSA) is 47.6 Å². The Hall–Kier alpha value is -2.49. The number of carbonyl (C=O) groups excluding carboxylic acids is 1. The minimum atomic E-state index is -0.249. The maximum absolute atomic E-state index is 12.6. The van der Waals surface area contributed by atoms with E-state index >= 15 is 0 Å². The standard InChI is InChI=1S/C23H31NO3/c1-22(2,3)17-10-8-16(9-11-17)21(25)24-15-23(4,5)18-12-13-19(26-6)20(14-18)27-7/h8-14H,15H2,1-7H3,(H,24,25). The normalized spacial score (nSPS) is 11.8. The largest absolute Gasteiger partial charge is 0.493 e. The lowest BCUT2D eigenvalue weighted by Crippen LogP contribution is -2.36. The smallest absolute Gasteiger partial charge is 0.251 e.